The Kier molecular flexibility index (Phi) is 7.50. The summed E-state index contributed by atoms with van der Waals surface area (Å²) in [5, 5.41) is 6.22. The van der Waals surface area contributed by atoms with Gasteiger partial charge in [0.2, 0.25) is 5.91 Å². The molecule has 1 aromatic carbocycles. The number of alkyl halides is 1. The van der Waals surface area contributed by atoms with E-state index >= 15 is 0 Å². The second kappa shape index (κ2) is 11.7. The van der Waals surface area contributed by atoms with Crippen molar-refractivity contribution in [1.82, 2.24) is 24.0 Å². The molecule has 0 unspecified atom stereocenters. The van der Waals surface area contributed by atoms with E-state index in [2.05, 4.69) is 45.6 Å². The number of fused-ring (bicyclic) bond motifs is 2. The second-order valence-electron chi connectivity index (χ2n) is 14.1. The van der Waals surface area contributed by atoms with Crippen molar-refractivity contribution in [2.24, 2.45) is 17.6 Å². The van der Waals surface area contributed by atoms with Gasteiger partial charge in [0.15, 0.2) is 0 Å². The number of rotatable bonds is 6. The highest BCUT2D eigenvalue weighted by Gasteiger charge is 2.32. The molecule has 3 aromatic heterocycles. The van der Waals surface area contributed by atoms with Crippen LogP contribution in [0.5, 0.6) is 0 Å². The van der Waals surface area contributed by atoms with Gasteiger partial charge in [-0.2, -0.15) is 5.10 Å². The topological polar surface area (TPSA) is 92.1 Å². The lowest BCUT2D eigenvalue weighted by Gasteiger charge is -2.34. The molecule has 3 aliphatic heterocycles. The number of halogens is 1. The molecule has 10 heteroatoms. The van der Waals surface area contributed by atoms with E-state index in [-0.39, 0.29) is 24.4 Å². The van der Waals surface area contributed by atoms with Gasteiger partial charge in [-0.25, -0.2) is 8.91 Å². The number of anilines is 1. The predicted molar refractivity (Wildman–Crippen MR) is 178 cm³/mol. The maximum Gasteiger partial charge on any atom is 0.255 e. The Morgan fingerprint density at radius 2 is 1.72 bits per heavy atom. The molecule has 6 heterocycles. The summed E-state index contributed by atoms with van der Waals surface area (Å²) < 4.78 is 18.4. The summed E-state index contributed by atoms with van der Waals surface area (Å²) in [6, 6.07) is 12.4. The molecule has 1 saturated carbocycles. The lowest BCUT2D eigenvalue weighted by molar-refractivity contribution is -0.135. The zero-order chi connectivity index (χ0) is 31.5. The largest absolute Gasteiger partial charge is 0.371 e. The van der Waals surface area contributed by atoms with Crippen molar-refractivity contribution < 1.29 is 14.0 Å². The van der Waals surface area contributed by atoms with Gasteiger partial charge in [-0.1, -0.05) is 6.07 Å². The maximum atomic E-state index is 14.2. The SMILES string of the molecule is Cc1c(-c2cc3ccc(N4CCC(C(=O)N5CCCC5)CC4)cc3n2CC2CC2)nn2cc(C(=O)N3C[C@H](N)C[C@@H](F)C3)ccc12. The Hall–Kier alpha value is -3.92. The number of amides is 2. The Balaban J connectivity index is 1.08. The molecule has 4 fully saturated rings. The Labute approximate surface area is 269 Å². The van der Waals surface area contributed by atoms with Crippen LogP contribution in [0, 0.1) is 18.8 Å². The van der Waals surface area contributed by atoms with Gasteiger partial charge >= 0.3 is 0 Å². The van der Waals surface area contributed by atoms with E-state index < -0.39 is 6.17 Å². The number of likely N-dealkylation sites (tertiary alicyclic amines) is 2. The number of carbonyl (C=O) groups excluding carboxylic acids is 2. The molecule has 9 nitrogen and oxygen atoms in total. The zero-order valence-electron chi connectivity index (χ0n) is 26.7. The van der Waals surface area contributed by atoms with Gasteiger partial charge < -0.3 is 25.0 Å². The molecular formula is C36H44FN7O2. The van der Waals surface area contributed by atoms with Gasteiger partial charge in [-0.05, 0) is 88.1 Å². The summed E-state index contributed by atoms with van der Waals surface area (Å²) in [5.41, 5.74) is 12.9. The van der Waals surface area contributed by atoms with Crippen LogP contribution < -0.4 is 10.6 Å². The van der Waals surface area contributed by atoms with E-state index in [1.165, 1.54) is 34.3 Å². The molecule has 242 valence electrons. The first-order chi connectivity index (χ1) is 22.3. The van der Waals surface area contributed by atoms with E-state index in [0.29, 0.717) is 30.4 Å². The van der Waals surface area contributed by atoms with Crippen molar-refractivity contribution >= 4 is 33.9 Å². The highest BCUT2D eigenvalue weighted by Crippen LogP contribution is 2.38. The van der Waals surface area contributed by atoms with Gasteiger partial charge in [-0.3, -0.25) is 9.59 Å². The van der Waals surface area contributed by atoms with Crippen LogP contribution in [0.25, 0.3) is 27.8 Å². The third-order valence-corrected chi connectivity index (χ3v) is 10.7. The standard InChI is InChI=1S/C36H44FN7O2/c1-23-31-9-7-27(36(46)42-21-28(37)17-29(38)22-42)20-44(31)39-34(23)33-16-26-6-8-30(18-32(26)43(33)19-24-4-5-24)40-14-10-25(11-15-40)35(45)41-12-2-3-13-41/h6-9,16,18,20,24-25,28-29H,2-5,10-15,17,19,21-22,38H2,1H3/t28-,29-/m1/s1. The molecule has 4 aliphatic rings. The van der Waals surface area contributed by atoms with Gasteiger partial charge in [-0.15, -0.1) is 0 Å². The Morgan fingerprint density at radius 1 is 0.935 bits per heavy atom. The van der Waals surface area contributed by atoms with Gasteiger partial charge in [0.1, 0.15) is 11.9 Å². The van der Waals surface area contributed by atoms with Gasteiger partial charge in [0.05, 0.1) is 28.8 Å². The molecule has 2 atom stereocenters. The van der Waals surface area contributed by atoms with Crippen LogP contribution >= 0.6 is 0 Å². The van der Waals surface area contributed by atoms with Crippen molar-refractivity contribution in [2.45, 2.75) is 70.6 Å². The summed E-state index contributed by atoms with van der Waals surface area (Å²) in [6.07, 6.45) is 7.54. The number of hydrogen-bond acceptors (Lipinski definition) is 5. The van der Waals surface area contributed by atoms with Crippen molar-refractivity contribution in [3.8, 4) is 11.4 Å². The molecule has 4 aromatic rings. The fourth-order valence-electron chi connectivity index (χ4n) is 7.94. The molecule has 0 bridgehead atoms. The van der Waals surface area contributed by atoms with Crippen molar-refractivity contribution in [3.63, 3.8) is 0 Å². The van der Waals surface area contributed by atoms with E-state index in [4.69, 9.17) is 10.8 Å². The first kappa shape index (κ1) is 29.5. The summed E-state index contributed by atoms with van der Waals surface area (Å²) in [7, 11) is 0. The summed E-state index contributed by atoms with van der Waals surface area (Å²) >= 11 is 0. The van der Waals surface area contributed by atoms with E-state index in [0.717, 1.165) is 80.9 Å². The predicted octanol–water partition coefficient (Wildman–Crippen LogP) is 5.02. The number of nitrogens with zero attached hydrogens (tertiary/aromatic N) is 6. The number of hydrogen-bond donors (Lipinski definition) is 1. The summed E-state index contributed by atoms with van der Waals surface area (Å²) in [4.78, 5) is 32.4. The molecule has 46 heavy (non-hydrogen) atoms. The Morgan fingerprint density at radius 3 is 2.46 bits per heavy atom. The number of piperidine rings is 2. The first-order valence-corrected chi connectivity index (χ1v) is 17.2. The number of aromatic nitrogens is 3. The summed E-state index contributed by atoms with van der Waals surface area (Å²) in [5.74, 6) is 0.964. The van der Waals surface area contributed by atoms with E-state index in [9.17, 15) is 14.0 Å². The zero-order valence-corrected chi connectivity index (χ0v) is 26.7. The Bertz CT molecular complexity index is 1780. The lowest BCUT2D eigenvalue weighted by Crippen LogP contribution is -2.50. The van der Waals surface area contributed by atoms with E-state index in [1.54, 1.807) is 10.7 Å². The second-order valence-corrected chi connectivity index (χ2v) is 14.1. The third kappa shape index (κ3) is 5.44. The number of pyridine rings is 1. The number of aryl methyl sites for hydroxylation is 1. The molecule has 2 N–H and O–H groups in total. The molecule has 2 amide bonds. The highest BCUT2D eigenvalue weighted by atomic mass is 19.1. The first-order valence-electron chi connectivity index (χ1n) is 17.2. The van der Waals surface area contributed by atoms with Crippen LogP contribution in [0.15, 0.2) is 42.6 Å². The van der Waals surface area contributed by atoms with Crippen LogP contribution in [0.3, 0.4) is 0 Å². The van der Waals surface area contributed by atoms with E-state index in [1.807, 2.05) is 12.1 Å². The minimum Gasteiger partial charge on any atom is -0.371 e. The van der Waals surface area contributed by atoms with Crippen LogP contribution in [-0.2, 0) is 11.3 Å². The van der Waals surface area contributed by atoms with Gasteiger partial charge in [0.25, 0.3) is 5.91 Å². The van der Waals surface area contributed by atoms with Crippen LogP contribution in [0.1, 0.15) is 60.9 Å². The van der Waals surface area contributed by atoms with Crippen molar-refractivity contribution in [2.75, 3.05) is 44.2 Å². The monoisotopic (exact) mass is 625 g/mol. The molecule has 0 radical (unpaired) electrons. The minimum atomic E-state index is -1.10. The smallest absolute Gasteiger partial charge is 0.255 e. The minimum absolute atomic E-state index is 0.0753. The molecule has 3 saturated heterocycles. The average molecular weight is 626 g/mol. The third-order valence-electron chi connectivity index (χ3n) is 10.7. The molecule has 0 spiro atoms. The molecule has 8 rings (SSSR count). The fraction of sp³-hybridized carbons (Fsp3) is 0.528. The van der Waals surface area contributed by atoms with Crippen LogP contribution in [0.2, 0.25) is 0 Å². The molecular weight excluding hydrogens is 581 g/mol. The molecule has 1 aliphatic carbocycles. The maximum absolute atomic E-state index is 14.2. The van der Waals surface area contributed by atoms with Crippen LogP contribution in [0.4, 0.5) is 10.1 Å². The fourth-order valence-corrected chi connectivity index (χ4v) is 7.94. The quantitative estimate of drug-likeness (QED) is 0.325. The number of nitrogens with two attached hydrogens (primary N) is 1. The number of carbonyl (C=O) groups is 2. The lowest BCUT2D eigenvalue weighted by atomic mass is 9.95. The van der Waals surface area contributed by atoms with Crippen LogP contribution in [-0.4, -0.2) is 87.3 Å². The normalized spacial score (nSPS) is 22.8. The average Bonchev–Trinajstić information content (AvgIpc) is 3.42. The van der Waals surface area contributed by atoms with Crippen molar-refractivity contribution in [3.05, 3.63) is 53.7 Å². The highest BCUT2D eigenvalue weighted by molar-refractivity contribution is 5.95. The summed E-state index contributed by atoms with van der Waals surface area (Å²) in [6.45, 7) is 7.12. The van der Waals surface area contributed by atoms with Crippen molar-refractivity contribution in [1.29, 1.82) is 0 Å². The number of benzene rings is 1. The van der Waals surface area contributed by atoms with Gasteiger partial charge in [0, 0.05) is 74.1 Å².